The van der Waals surface area contributed by atoms with E-state index in [1.165, 1.54) is 5.56 Å². The predicted molar refractivity (Wildman–Crippen MR) is 90.1 cm³/mol. The summed E-state index contributed by atoms with van der Waals surface area (Å²) in [5.74, 6) is 0.653. The van der Waals surface area contributed by atoms with Crippen LogP contribution in [-0.2, 0) is 13.1 Å². The number of aromatic nitrogens is 2. The minimum atomic E-state index is -0.0966. The molecule has 0 bridgehead atoms. The Balaban J connectivity index is 2.13. The average molecular weight is 320 g/mol. The maximum Gasteiger partial charge on any atom is 0.251 e. The van der Waals surface area contributed by atoms with Crippen LogP contribution in [0, 0.1) is 6.92 Å². The average Bonchev–Trinajstić information content (AvgIpc) is 2.43. The number of aromatic amines is 1. The van der Waals surface area contributed by atoms with Crippen molar-refractivity contribution in [1.29, 1.82) is 0 Å². The first-order valence-electron chi connectivity index (χ1n) is 7.60. The second kappa shape index (κ2) is 8.11. The summed E-state index contributed by atoms with van der Waals surface area (Å²) in [4.78, 5) is 21.0. The van der Waals surface area contributed by atoms with Crippen LogP contribution >= 0.6 is 11.6 Å². The van der Waals surface area contributed by atoms with Gasteiger partial charge in [-0.25, -0.2) is 4.98 Å². The Morgan fingerprint density at radius 3 is 2.77 bits per heavy atom. The van der Waals surface area contributed by atoms with E-state index in [-0.39, 0.29) is 5.56 Å². The second-order valence-corrected chi connectivity index (χ2v) is 5.95. The van der Waals surface area contributed by atoms with Gasteiger partial charge in [0.05, 0.1) is 5.69 Å². The van der Waals surface area contributed by atoms with Gasteiger partial charge in [-0.05, 0) is 37.6 Å². The van der Waals surface area contributed by atoms with Gasteiger partial charge in [-0.3, -0.25) is 9.69 Å². The van der Waals surface area contributed by atoms with Crippen LogP contribution in [0.5, 0.6) is 0 Å². The van der Waals surface area contributed by atoms with Crippen LogP contribution in [-0.4, -0.2) is 21.4 Å². The van der Waals surface area contributed by atoms with Crippen molar-refractivity contribution >= 4 is 11.6 Å². The molecular formula is C17H22ClN3O. The van der Waals surface area contributed by atoms with Gasteiger partial charge in [-0.15, -0.1) is 0 Å². The van der Waals surface area contributed by atoms with Crippen LogP contribution < -0.4 is 5.56 Å². The third kappa shape index (κ3) is 5.28. The minimum Gasteiger partial charge on any atom is -0.311 e. The summed E-state index contributed by atoms with van der Waals surface area (Å²) in [5, 5.41) is 0.748. The van der Waals surface area contributed by atoms with Gasteiger partial charge in [0.1, 0.15) is 5.82 Å². The molecule has 118 valence electrons. The first-order valence-corrected chi connectivity index (χ1v) is 7.98. The second-order valence-electron chi connectivity index (χ2n) is 5.52. The topological polar surface area (TPSA) is 49.0 Å². The van der Waals surface area contributed by atoms with Gasteiger partial charge in [0.25, 0.3) is 5.56 Å². The summed E-state index contributed by atoms with van der Waals surface area (Å²) >= 11 is 6.06. The third-order valence-corrected chi connectivity index (χ3v) is 3.66. The van der Waals surface area contributed by atoms with Crippen LogP contribution in [0.25, 0.3) is 0 Å². The highest BCUT2D eigenvalue weighted by molar-refractivity contribution is 6.30. The summed E-state index contributed by atoms with van der Waals surface area (Å²) in [6.07, 6.45) is 2.25. The molecule has 0 saturated carbocycles. The molecular weight excluding hydrogens is 298 g/mol. The third-order valence-electron chi connectivity index (χ3n) is 3.42. The number of halogens is 1. The highest BCUT2D eigenvalue weighted by atomic mass is 35.5. The van der Waals surface area contributed by atoms with E-state index in [1.54, 1.807) is 13.0 Å². The van der Waals surface area contributed by atoms with Gasteiger partial charge in [0.2, 0.25) is 0 Å². The number of unbranched alkanes of at least 4 members (excludes halogenated alkanes) is 1. The zero-order valence-corrected chi connectivity index (χ0v) is 13.9. The molecule has 22 heavy (non-hydrogen) atoms. The van der Waals surface area contributed by atoms with Gasteiger partial charge in [-0.2, -0.15) is 0 Å². The maximum absolute atomic E-state index is 11.6. The molecule has 0 unspecified atom stereocenters. The van der Waals surface area contributed by atoms with Gasteiger partial charge < -0.3 is 4.98 Å². The van der Waals surface area contributed by atoms with E-state index in [1.807, 2.05) is 18.2 Å². The zero-order valence-electron chi connectivity index (χ0n) is 13.1. The molecule has 0 aliphatic heterocycles. The Hall–Kier alpha value is -1.65. The first kappa shape index (κ1) is 16.7. The molecule has 1 N–H and O–H groups in total. The molecule has 1 aromatic heterocycles. The van der Waals surface area contributed by atoms with E-state index >= 15 is 0 Å². The van der Waals surface area contributed by atoms with Crippen LogP contribution in [0.1, 0.15) is 36.8 Å². The Bertz CT molecular complexity index is 669. The molecule has 0 saturated heterocycles. The van der Waals surface area contributed by atoms with Gasteiger partial charge in [-0.1, -0.05) is 37.1 Å². The molecule has 0 spiro atoms. The lowest BCUT2D eigenvalue weighted by molar-refractivity contribution is 0.249. The summed E-state index contributed by atoms with van der Waals surface area (Å²) in [6.45, 7) is 6.41. The first-order chi connectivity index (χ1) is 10.6. The summed E-state index contributed by atoms with van der Waals surface area (Å²) in [5.41, 5.74) is 1.88. The highest BCUT2D eigenvalue weighted by Crippen LogP contribution is 2.14. The minimum absolute atomic E-state index is 0.0966. The smallest absolute Gasteiger partial charge is 0.251 e. The molecule has 2 rings (SSSR count). The van der Waals surface area contributed by atoms with Crippen molar-refractivity contribution in [2.45, 2.75) is 39.8 Å². The molecule has 0 fully saturated rings. The molecule has 0 aliphatic carbocycles. The van der Waals surface area contributed by atoms with Gasteiger partial charge in [0.15, 0.2) is 0 Å². The van der Waals surface area contributed by atoms with E-state index in [0.29, 0.717) is 12.4 Å². The van der Waals surface area contributed by atoms with E-state index in [4.69, 9.17) is 11.6 Å². The van der Waals surface area contributed by atoms with Crippen LogP contribution in [0.3, 0.4) is 0 Å². The fraction of sp³-hybridized carbons (Fsp3) is 0.412. The molecule has 0 atom stereocenters. The molecule has 0 radical (unpaired) electrons. The summed E-state index contributed by atoms with van der Waals surface area (Å²) < 4.78 is 0. The van der Waals surface area contributed by atoms with E-state index in [2.05, 4.69) is 27.9 Å². The van der Waals surface area contributed by atoms with Crippen molar-refractivity contribution in [2.24, 2.45) is 0 Å². The highest BCUT2D eigenvalue weighted by Gasteiger charge is 2.09. The quantitative estimate of drug-likeness (QED) is 0.849. The number of H-pyrrole nitrogens is 1. The van der Waals surface area contributed by atoms with Crippen molar-refractivity contribution in [3.05, 3.63) is 62.8 Å². The SMILES string of the molecule is CCCCN(Cc1cccc(Cl)c1)Cc1cc(=O)[nH]c(C)n1. The number of rotatable bonds is 7. The Morgan fingerprint density at radius 1 is 1.27 bits per heavy atom. The van der Waals surface area contributed by atoms with E-state index in [0.717, 1.165) is 36.6 Å². The number of nitrogens with one attached hydrogen (secondary N) is 1. The molecule has 1 aromatic carbocycles. The van der Waals surface area contributed by atoms with Crippen LogP contribution in [0.2, 0.25) is 5.02 Å². The summed E-state index contributed by atoms with van der Waals surface area (Å²) in [6, 6.07) is 9.47. The lowest BCUT2D eigenvalue weighted by atomic mass is 10.2. The Kier molecular flexibility index (Phi) is 6.16. The molecule has 2 aromatic rings. The van der Waals surface area contributed by atoms with Crippen molar-refractivity contribution in [3.8, 4) is 0 Å². The van der Waals surface area contributed by atoms with Crippen molar-refractivity contribution in [1.82, 2.24) is 14.9 Å². The monoisotopic (exact) mass is 319 g/mol. The van der Waals surface area contributed by atoms with Crippen LogP contribution in [0.4, 0.5) is 0 Å². The fourth-order valence-corrected chi connectivity index (χ4v) is 2.65. The Morgan fingerprint density at radius 2 is 2.09 bits per heavy atom. The van der Waals surface area contributed by atoms with E-state index < -0.39 is 0 Å². The van der Waals surface area contributed by atoms with Gasteiger partial charge >= 0.3 is 0 Å². The fourth-order valence-electron chi connectivity index (χ4n) is 2.44. The zero-order chi connectivity index (χ0) is 15.9. The number of nitrogens with zero attached hydrogens (tertiary/aromatic N) is 2. The van der Waals surface area contributed by atoms with Crippen molar-refractivity contribution < 1.29 is 0 Å². The number of aryl methyl sites for hydroxylation is 1. The number of benzene rings is 1. The number of hydrogen-bond acceptors (Lipinski definition) is 3. The van der Waals surface area contributed by atoms with Crippen molar-refractivity contribution in [2.75, 3.05) is 6.54 Å². The standard InChI is InChI=1S/C17H22ClN3O/c1-3-4-8-21(11-14-6-5-7-15(18)9-14)12-16-10-17(22)20-13(2)19-16/h5-7,9-10H,3-4,8,11-12H2,1-2H3,(H,19,20,22). The van der Waals surface area contributed by atoms with Gasteiger partial charge in [0, 0.05) is 24.2 Å². The summed E-state index contributed by atoms with van der Waals surface area (Å²) in [7, 11) is 0. The molecule has 0 amide bonds. The molecule has 5 heteroatoms. The Labute approximate surface area is 136 Å². The lowest BCUT2D eigenvalue weighted by Gasteiger charge is -2.22. The van der Waals surface area contributed by atoms with Crippen molar-refractivity contribution in [3.63, 3.8) is 0 Å². The number of hydrogen-bond donors (Lipinski definition) is 1. The normalized spacial score (nSPS) is 11.1. The van der Waals surface area contributed by atoms with E-state index in [9.17, 15) is 4.79 Å². The predicted octanol–water partition coefficient (Wildman–Crippen LogP) is 3.53. The maximum atomic E-state index is 11.6. The largest absolute Gasteiger partial charge is 0.311 e. The molecule has 4 nitrogen and oxygen atoms in total. The molecule has 0 aliphatic rings. The lowest BCUT2D eigenvalue weighted by Crippen LogP contribution is -2.25. The molecule has 1 heterocycles. The van der Waals surface area contributed by atoms with Crippen LogP contribution in [0.15, 0.2) is 35.1 Å².